The van der Waals surface area contributed by atoms with Gasteiger partial charge in [0, 0.05) is 43.3 Å². The third kappa shape index (κ3) is 6.39. The van der Waals surface area contributed by atoms with E-state index in [1.165, 1.54) is 147 Å². The van der Waals surface area contributed by atoms with Crippen LogP contribution in [0.5, 0.6) is 0 Å². The molecule has 3 heterocycles. The topological polar surface area (TPSA) is 6.48 Å². The molecule has 0 spiro atoms. The van der Waals surface area contributed by atoms with Crippen LogP contribution >= 0.6 is 11.3 Å². The van der Waals surface area contributed by atoms with E-state index in [4.69, 9.17) is 0 Å². The van der Waals surface area contributed by atoms with Crippen LogP contribution in [0, 0.1) is 27.7 Å². The van der Waals surface area contributed by atoms with Crippen LogP contribution in [-0.4, -0.2) is 6.71 Å². The van der Waals surface area contributed by atoms with Gasteiger partial charge in [-0.3, -0.25) is 0 Å². The van der Waals surface area contributed by atoms with E-state index < -0.39 is 0 Å². The monoisotopic (exact) mass is 885 g/mol. The Bertz CT molecular complexity index is 3180. The van der Waals surface area contributed by atoms with Gasteiger partial charge in [0.25, 0.3) is 6.71 Å². The molecular weight excluding hydrogens is 816 g/mol. The minimum atomic E-state index is -0.0158. The van der Waals surface area contributed by atoms with Gasteiger partial charge >= 0.3 is 0 Å². The van der Waals surface area contributed by atoms with Crippen molar-refractivity contribution < 1.29 is 0 Å². The van der Waals surface area contributed by atoms with Gasteiger partial charge in [-0.2, -0.15) is 0 Å². The molecule has 2 aliphatic carbocycles. The number of thiophene rings is 1. The van der Waals surface area contributed by atoms with Crippen molar-refractivity contribution >= 4 is 78.0 Å². The number of benzene rings is 6. The average molecular weight is 885 g/mol. The van der Waals surface area contributed by atoms with Gasteiger partial charge in [0.15, 0.2) is 0 Å². The predicted molar refractivity (Wildman–Crippen MR) is 290 cm³/mol. The number of rotatable bonds is 3. The van der Waals surface area contributed by atoms with E-state index in [-0.39, 0.29) is 33.8 Å². The van der Waals surface area contributed by atoms with Crippen molar-refractivity contribution in [2.24, 2.45) is 0 Å². The molecule has 66 heavy (non-hydrogen) atoms. The summed E-state index contributed by atoms with van der Waals surface area (Å²) in [5.74, 6) is 0. The first-order valence-electron chi connectivity index (χ1n) is 24.8. The second-order valence-corrected chi connectivity index (χ2v) is 25.7. The Balaban J connectivity index is 1.26. The maximum absolute atomic E-state index is 2.73. The quantitative estimate of drug-likeness (QED) is 0.163. The second kappa shape index (κ2) is 14.2. The van der Waals surface area contributed by atoms with Gasteiger partial charge in [0.1, 0.15) is 0 Å². The van der Waals surface area contributed by atoms with Crippen LogP contribution in [-0.2, 0) is 27.1 Å². The van der Waals surface area contributed by atoms with E-state index in [2.05, 4.69) is 222 Å². The van der Waals surface area contributed by atoms with Gasteiger partial charge in [-0.1, -0.05) is 125 Å². The van der Waals surface area contributed by atoms with Crippen molar-refractivity contribution in [1.82, 2.24) is 0 Å². The zero-order chi connectivity index (χ0) is 46.8. The molecule has 11 rings (SSSR count). The molecule has 7 aromatic rings. The van der Waals surface area contributed by atoms with Crippen molar-refractivity contribution in [2.45, 2.75) is 157 Å². The fraction of sp³-hybridized carbons (Fsp3) is 0.387. The molecule has 2 nitrogen and oxygen atoms in total. The smallest absolute Gasteiger partial charge is 0.264 e. The summed E-state index contributed by atoms with van der Waals surface area (Å²) in [5, 5.41) is 1.40. The molecule has 4 aliphatic rings. The highest BCUT2D eigenvalue weighted by atomic mass is 32.1. The van der Waals surface area contributed by atoms with Crippen molar-refractivity contribution in [3.05, 3.63) is 147 Å². The van der Waals surface area contributed by atoms with Gasteiger partial charge in [0.2, 0.25) is 0 Å². The Labute approximate surface area is 400 Å². The summed E-state index contributed by atoms with van der Waals surface area (Å²) in [6.07, 6.45) is 4.79. The Morgan fingerprint density at radius 3 is 1.76 bits per heavy atom. The van der Waals surface area contributed by atoms with E-state index in [1.807, 2.05) is 0 Å². The minimum absolute atomic E-state index is 0.0158. The zero-order valence-electron chi connectivity index (χ0n) is 42.4. The molecule has 0 bridgehead atoms. The zero-order valence-corrected chi connectivity index (χ0v) is 43.3. The molecule has 0 radical (unpaired) electrons. The van der Waals surface area contributed by atoms with Gasteiger partial charge in [-0.05, 0) is 201 Å². The third-order valence-electron chi connectivity index (χ3n) is 17.0. The van der Waals surface area contributed by atoms with Crippen LogP contribution in [0.4, 0.5) is 34.1 Å². The number of fused-ring (bicyclic) bond motifs is 8. The third-order valence-corrected chi connectivity index (χ3v) is 18.2. The van der Waals surface area contributed by atoms with Crippen LogP contribution in [0.25, 0.3) is 21.2 Å². The van der Waals surface area contributed by atoms with Crippen LogP contribution < -0.4 is 25.5 Å². The maximum Gasteiger partial charge on any atom is 0.264 e. The lowest BCUT2D eigenvalue weighted by Gasteiger charge is -2.45. The molecule has 0 amide bonds. The molecular formula is C62H69BN2S. The number of hydrogen-bond donors (Lipinski definition) is 0. The lowest BCUT2D eigenvalue weighted by atomic mass is 9.36. The van der Waals surface area contributed by atoms with Gasteiger partial charge in [0.05, 0.1) is 5.69 Å². The summed E-state index contributed by atoms with van der Waals surface area (Å²) >= 11 is 2.06. The number of aryl methyl sites for hydroxylation is 4. The van der Waals surface area contributed by atoms with E-state index >= 15 is 0 Å². The van der Waals surface area contributed by atoms with Crippen molar-refractivity contribution in [1.29, 1.82) is 0 Å². The summed E-state index contributed by atoms with van der Waals surface area (Å²) in [4.78, 5) is 5.38. The Morgan fingerprint density at radius 2 is 1.12 bits per heavy atom. The van der Waals surface area contributed by atoms with E-state index in [0.29, 0.717) is 0 Å². The number of nitrogens with zero attached hydrogens (tertiary/aromatic N) is 2. The van der Waals surface area contributed by atoms with E-state index in [0.717, 1.165) is 0 Å². The van der Waals surface area contributed by atoms with Crippen LogP contribution in [0.1, 0.15) is 152 Å². The standard InChI is InChI=1S/C62H69BN2S/c1-36-29-51-55-52(30-36)65(50-31-40(20-19-37(50)2)54-38(3)17-16-18-39(54)4)49-24-21-41(58(5,6)7)32-48(49)63(55)57-56(43-34-46-47(35-53(43)66-57)62(14,15)28-27-61(46,12)13)64(51)42-22-23-44-45(33-42)60(10,11)26-25-59(44,8)9/h16-24,29-35H,25-28H2,1-15H3. The summed E-state index contributed by atoms with van der Waals surface area (Å²) in [6.45, 7) is 36.1. The van der Waals surface area contributed by atoms with Crippen molar-refractivity contribution in [2.75, 3.05) is 9.80 Å². The highest BCUT2D eigenvalue weighted by molar-refractivity contribution is 7.33. The molecule has 6 aromatic carbocycles. The van der Waals surface area contributed by atoms with Gasteiger partial charge in [-0.25, -0.2) is 0 Å². The molecule has 0 fully saturated rings. The minimum Gasteiger partial charge on any atom is -0.311 e. The largest absolute Gasteiger partial charge is 0.311 e. The molecule has 0 saturated heterocycles. The highest BCUT2D eigenvalue weighted by Gasteiger charge is 2.48. The summed E-state index contributed by atoms with van der Waals surface area (Å²) in [6, 6.07) is 39.2. The fourth-order valence-corrected chi connectivity index (χ4v) is 14.0. The average Bonchev–Trinajstić information content (AvgIpc) is 3.62. The molecule has 0 saturated carbocycles. The number of anilines is 6. The molecule has 4 heteroatoms. The van der Waals surface area contributed by atoms with Crippen LogP contribution in [0.3, 0.4) is 0 Å². The molecule has 2 aliphatic heterocycles. The lowest BCUT2D eigenvalue weighted by Crippen LogP contribution is -2.60. The summed E-state index contributed by atoms with van der Waals surface area (Å²) < 4.78 is 2.87. The molecule has 0 N–H and O–H groups in total. The fourth-order valence-electron chi connectivity index (χ4n) is 12.7. The van der Waals surface area contributed by atoms with Gasteiger partial charge in [-0.15, -0.1) is 11.3 Å². The molecule has 0 atom stereocenters. The van der Waals surface area contributed by atoms with Gasteiger partial charge < -0.3 is 9.80 Å². The normalized spacial score (nSPS) is 18.4. The second-order valence-electron chi connectivity index (χ2n) is 24.6. The van der Waals surface area contributed by atoms with E-state index in [1.54, 1.807) is 0 Å². The Hall–Kier alpha value is -5.06. The molecule has 0 unspecified atom stereocenters. The SMILES string of the molecule is Cc1cc2c3c(c1)N(c1ccc4c(c1)C(C)(C)CCC4(C)C)c1c(sc4cc5c(cc14)C(C)(C)CCC5(C)C)B3c1cc(C(C)(C)C)ccc1N2c1cc(-c2c(C)cccc2C)ccc1C. The highest BCUT2D eigenvalue weighted by Crippen LogP contribution is 2.54. The predicted octanol–water partition coefficient (Wildman–Crippen LogP) is 15.9. The van der Waals surface area contributed by atoms with E-state index in [9.17, 15) is 0 Å². The molecule has 1 aromatic heterocycles. The van der Waals surface area contributed by atoms with Crippen LogP contribution in [0.2, 0.25) is 0 Å². The first-order valence-corrected chi connectivity index (χ1v) is 25.6. The summed E-state index contributed by atoms with van der Waals surface area (Å²) in [5.41, 5.74) is 26.2. The lowest BCUT2D eigenvalue weighted by molar-refractivity contribution is 0.332. The first kappa shape index (κ1) is 43.5. The summed E-state index contributed by atoms with van der Waals surface area (Å²) in [7, 11) is 0. The van der Waals surface area contributed by atoms with Crippen molar-refractivity contribution in [3.63, 3.8) is 0 Å². The number of hydrogen-bond acceptors (Lipinski definition) is 3. The maximum atomic E-state index is 2.73. The first-order chi connectivity index (χ1) is 31.0. The van der Waals surface area contributed by atoms with Crippen LogP contribution in [0.15, 0.2) is 97.1 Å². The Kier molecular flexibility index (Phi) is 9.39. The Morgan fingerprint density at radius 1 is 0.530 bits per heavy atom. The van der Waals surface area contributed by atoms with Crippen molar-refractivity contribution in [3.8, 4) is 11.1 Å². The molecule has 336 valence electrons.